The van der Waals surface area contributed by atoms with Crippen LogP contribution in [0.3, 0.4) is 0 Å². The largest absolute Gasteiger partial charge is 0.493 e. The second-order valence-corrected chi connectivity index (χ2v) is 8.48. The molecule has 0 spiro atoms. The monoisotopic (exact) mass is 385 g/mol. The first kappa shape index (κ1) is 22.1. The Labute approximate surface area is 157 Å². The summed E-state index contributed by atoms with van der Waals surface area (Å²) in [5.41, 5.74) is 1.03. The van der Waals surface area contributed by atoms with Crippen LogP contribution in [-0.2, 0) is 16.4 Å². The van der Waals surface area contributed by atoms with Gasteiger partial charge >= 0.3 is 0 Å². The van der Waals surface area contributed by atoms with Crippen LogP contribution in [0.15, 0.2) is 23.2 Å². The highest BCUT2D eigenvalue weighted by Gasteiger charge is 2.10. The van der Waals surface area contributed by atoms with Gasteiger partial charge in [-0.25, -0.2) is 8.42 Å². The lowest BCUT2D eigenvalue weighted by Crippen LogP contribution is -2.42. The van der Waals surface area contributed by atoms with E-state index >= 15 is 0 Å². The summed E-state index contributed by atoms with van der Waals surface area (Å²) in [7, 11) is 0.340. The summed E-state index contributed by atoms with van der Waals surface area (Å²) in [6.45, 7) is 5.19. The molecule has 0 fully saturated rings. The molecule has 1 atom stereocenters. The molecule has 1 rings (SSSR count). The van der Waals surface area contributed by atoms with E-state index in [1.54, 1.807) is 14.2 Å². The highest BCUT2D eigenvalue weighted by atomic mass is 32.2. The first-order chi connectivity index (χ1) is 12.3. The summed E-state index contributed by atoms with van der Waals surface area (Å²) in [5, 5.41) is 6.42. The average molecular weight is 386 g/mol. The van der Waals surface area contributed by atoms with Crippen LogP contribution >= 0.6 is 0 Å². The number of nitrogens with one attached hydrogen (secondary N) is 2. The number of hydrogen-bond donors (Lipinski definition) is 2. The standard InChI is InChI=1S/C18H31N3O4S/c1-6-10-25-16-8-7-15(12-17(16)24-4)13-20-18(19-3)21-14(2)9-11-26(5,22)23/h7-8,12,14H,6,9-11,13H2,1-5H3,(H2,19,20,21). The van der Waals surface area contributed by atoms with E-state index in [4.69, 9.17) is 9.47 Å². The van der Waals surface area contributed by atoms with Gasteiger partial charge in [-0.05, 0) is 37.5 Å². The van der Waals surface area contributed by atoms with Gasteiger partial charge < -0.3 is 20.1 Å². The summed E-state index contributed by atoms with van der Waals surface area (Å²) in [5.74, 6) is 2.20. The fourth-order valence-corrected chi connectivity index (χ4v) is 3.01. The minimum Gasteiger partial charge on any atom is -0.493 e. The molecule has 1 aromatic rings. The summed E-state index contributed by atoms with van der Waals surface area (Å²) in [6.07, 6.45) is 2.71. The number of nitrogens with zero attached hydrogens (tertiary/aromatic N) is 1. The van der Waals surface area contributed by atoms with E-state index in [2.05, 4.69) is 22.5 Å². The first-order valence-electron chi connectivity index (χ1n) is 8.73. The first-order valence-corrected chi connectivity index (χ1v) is 10.8. The molecule has 0 saturated heterocycles. The predicted octanol–water partition coefficient (Wildman–Crippen LogP) is 1.97. The third-order valence-electron chi connectivity index (χ3n) is 3.68. The maximum Gasteiger partial charge on any atom is 0.191 e. The molecule has 0 aliphatic rings. The van der Waals surface area contributed by atoms with Crippen molar-refractivity contribution in [1.82, 2.24) is 10.6 Å². The van der Waals surface area contributed by atoms with Crippen LogP contribution in [0, 0.1) is 0 Å². The van der Waals surface area contributed by atoms with Crippen molar-refractivity contribution in [2.24, 2.45) is 4.99 Å². The zero-order valence-corrected chi connectivity index (χ0v) is 17.1. The molecule has 1 aromatic carbocycles. The second-order valence-electron chi connectivity index (χ2n) is 6.22. The van der Waals surface area contributed by atoms with Crippen LogP contribution in [0.5, 0.6) is 11.5 Å². The van der Waals surface area contributed by atoms with E-state index in [1.807, 2.05) is 25.1 Å². The predicted molar refractivity (Wildman–Crippen MR) is 106 cm³/mol. The average Bonchev–Trinajstić information content (AvgIpc) is 2.61. The number of methoxy groups -OCH3 is 1. The normalized spacial score (nSPS) is 13.2. The molecule has 0 amide bonds. The van der Waals surface area contributed by atoms with E-state index in [-0.39, 0.29) is 11.8 Å². The minimum absolute atomic E-state index is 0.00437. The number of sulfone groups is 1. The zero-order chi connectivity index (χ0) is 19.6. The van der Waals surface area contributed by atoms with Crippen molar-refractivity contribution in [3.05, 3.63) is 23.8 Å². The SMILES string of the molecule is CCCOc1ccc(CNC(=NC)NC(C)CCS(C)(=O)=O)cc1OC. The van der Waals surface area contributed by atoms with Gasteiger partial charge in [-0.15, -0.1) is 0 Å². The van der Waals surface area contributed by atoms with Crippen LogP contribution in [0.1, 0.15) is 32.3 Å². The lowest BCUT2D eigenvalue weighted by molar-refractivity contribution is 0.294. The van der Waals surface area contributed by atoms with Crippen molar-refractivity contribution >= 4 is 15.8 Å². The summed E-state index contributed by atoms with van der Waals surface area (Å²) >= 11 is 0. The molecule has 7 nitrogen and oxygen atoms in total. The molecule has 1 unspecified atom stereocenters. The molecule has 148 valence electrons. The molecule has 0 saturated carbocycles. The van der Waals surface area contributed by atoms with E-state index in [1.165, 1.54) is 6.26 Å². The molecule has 2 N–H and O–H groups in total. The fourth-order valence-electron chi connectivity index (χ4n) is 2.23. The molecule has 0 aliphatic heterocycles. The second kappa shape index (κ2) is 10.9. The van der Waals surface area contributed by atoms with Gasteiger partial charge in [0.25, 0.3) is 0 Å². The quantitative estimate of drug-likeness (QED) is 0.473. The fraction of sp³-hybridized carbons (Fsp3) is 0.611. The number of guanidine groups is 1. The maximum absolute atomic E-state index is 11.3. The number of ether oxygens (including phenoxy) is 2. The Morgan fingerprint density at radius 1 is 1.31 bits per heavy atom. The molecule has 26 heavy (non-hydrogen) atoms. The number of hydrogen-bond acceptors (Lipinski definition) is 5. The van der Waals surface area contributed by atoms with Crippen LogP contribution in [0.4, 0.5) is 0 Å². The Hall–Kier alpha value is -1.96. The topological polar surface area (TPSA) is 89.0 Å². The third-order valence-corrected chi connectivity index (χ3v) is 4.66. The van der Waals surface area contributed by atoms with Crippen molar-refractivity contribution in [1.29, 1.82) is 0 Å². The lowest BCUT2D eigenvalue weighted by Gasteiger charge is -2.18. The van der Waals surface area contributed by atoms with Crippen LogP contribution < -0.4 is 20.1 Å². The van der Waals surface area contributed by atoms with Crippen molar-refractivity contribution < 1.29 is 17.9 Å². The van der Waals surface area contributed by atoms with Gasteiger partial charge in [0.2, 0.25) is 0 Å². The summed E-state index contributed by atoms with van der Waals surface area (Å²) in [4.78, 5) is 4.18. The van der Waals surface area contributed by atoms with Gasteiger partial charge in [-0.1, -0.05) is 13.0 Å². The Morgan fingerprint density at radius 3 is 2.62 bits per heavy atom. The van der Waals surface area contributed by atoms with Crippen molar-refractivity contribution in [3.63, 3.8) is 0 Å². The Balaban J connectivity index is 2.60. The van der Waals surface area contributed by atoms with Gasteiger partial charge in [0.15, 0.2) is 17.5 Å². The van der Waals surface area contributed by atoms with Gasteiger partial charge in [0.05, 0.1) is 19.5 Å². The van der Waals surface area contributed by atoms with Crippen LogP contribution in [0.25, 0.3) is 0 Å². The van der Waals surface area contributed by atoms with Gasteiger partial charge in [-0.2, -0.15) is 0 Å². The van der Waals surface area contributed by atoms with Crippen molar-refractivity contribution in [2.45, 2.75) is 39.3 Å². The highest BCUT2D eigenvalue weighted by Crippen LogP contribution is 2.28. The number of aliphatic imine (C=N–C) groups is 1. The summed E-state index contributed by atoms with van der Waals surface area (Å²) < 4.78 is 33.6. The Bertz CT molecular complexity index is 690. The minimum atomic E-state index is -2.96. The van der Waals surface area contributed by atoms with Crippen molar-refractivity contribution in [3.8, 4) is 11.5 Å². The molecular formula is C18H31N3O4S. The van der Waals surface area contributed by atoms with E-state index in [9.17, 15) is 8.42 Å². The van der Waals surface area contributed by atoms with Gasteiger partial charge in [-0.3, -0.25) is 4.99 Å². The third kappa shape index (κ3) is 8.42. The highest BCUT2D eigenvalue weighted by molar-refractivity contribution is 7.90. The molecule has 0 radical (unpaired) electrons. The molecule has 8 heteroatoms. The zero-order valence-electron chi connectivity index (χ0n) is 16.3. The number of benzene rings is 1. The van der Waals surface area contributed by atoms with Crippen molar-refractivity contribution in [2.75, 3.05) is 32.8 Å². The van der Waals surface area contributed by atoms with Crippen LogP contribution in [-0.4, -0.2) is 53.2 Å². The Morgan fingerprint density at radius 2 is 2.04 bits per heavy atom. The lowest BCUT2D eigenvalue weighted by atomic mass is 10.2. The maximum atomic E-state index is 11.3. The number of rotatable bonds is 10. The molecule has 0 heterocycles. The van der Waals surface area contributed by atoms with E-state index < -0.39 is 9.84 Å². The molecule has 0 aromatic heterocycles. The van der Waals surface area contributed by atoms with Gasteiger partial charge in [0, 0.05) is 25.9 Å². The summed E-state index contributed by atoms with van der Waals surface area (Å²) in [6, 6.07) is 5.80. The smallest absolute Gasteiger partial charge is 0.191 e. The van der Waals surface area contributed by atoms with E-state index in [0.717, 1.165) is 17.7 Å². The molecule has 0 bridgehead atoms. The van der Waals surface area contributed by atoms with Crippen LogP contribution in [0.2, 0.25) is 0 Å². The van der Waals surface area contributed by atoms with Gasteiger partial charge in [0.1, 0.15) is 9.84 Å². The molecule has 0 aliphatic carbocycles. The Kier molecular flexibility index (Phi) is 9.26. The molecular weight excluding hydrogens is 354 g/mol. The van der Waals surface area contributed by atoms with E-state index in [0.29, 0.717) is 31.3 Å².